The number of likely N-dealkylation sites (N-methyl/N-ethyl adjacent to an activating group) is 1. The molecule has 0 bridgehead atoms. The summed E-state index contributed by atoms with van der Waals surface area (Å²) in [6.07, 6.45) is 0.528. The fourth-order valence-electron chi connectivity index (χ4n) is 1.90. The summed E-state index contributed by atoms with van der Waals surface area (Å²) in [5.41, 5.74) is 1.17. The molecule has 1 aliphatic rings. The van der Waals surface area contributed by atoms with E-state index in [0.717, 1.165) is 24.5 Å². The molecule has 1 unspecified atom stereocenters. The van der Waals surface area contributed by atoms with Crippen LogP contribution in [-0.2, 0) is 6.54 Å². The third kappa shape index (κ3) is 3.11. The second kappa shape index (κ2) is 5.38. The number of rotatable bonds is 5. The van der Waals surface area contributed by atoms with Crippen LogP contribution in [0.4, 0.5) is 0 Å². The lowest BCUT2D eigenvalue weighted by molar-refractivity contribution is 0.119. The minimum absolute atomic E-state index is 0.256. The molecule has 17 heavy (non-hydrogen) atoms. The van der Waals surface area contributed by atoms with Crippen LogP contribution >= 0.6 is 0 Å². The van der Waals surface area contributed by atoms with Gasteiger partial charge < -0.3 is 14.6 Å². The van der Waals surface area contributed by atoms with Crippen molar-refractivity contribution >= 4 is 0 Å². The zero-order valence-electron chi connectivity index (χ0n) is 10.3. The largest absolute Gasteiger partial charge is 0.454 e. The van der Waals surface area contributed by atoms with Gasteiger partial charge in [0.05, 0.1) is 6.10 Å². The smallest absolute Gasteiger partial charge is 0.231 e. The number of hydrogen-bond acceptors (Lipinski definition) is 4. The number of aliphatic hydroxyl groups is 1. The van der Waals surface area contributed by atoms with Gasteiger partial charge in [0.1, 0.15) is 0 Å². The van der Waals surface area contributed by atoms with Crippen LogP contribution in [0.1, 0.15) is 18.9 Å². The van der Waals surface area contributed by atoms with Crippen molar-refractivity contribution in [3.05, 3.63) is 23.8 Å². The number of fused-ring (bicyclic) bond motifs is 1. The molecule has 1 atom stereocenters. The van der Waals surface area contributed by atoms with Gasteiger partial charge in [-0.2, -0.15) is 0 Å². The number of hydrogen-bond donors (Lipinski definition) is 1. The number of ether oxygens (including phenoxy) is 2. The zero-order valence-corrected chi connectivity index (χ0v) is 10.3. The van der Waals surface area contributed by atoms with Crippen LogP contribution in [0.3, 0.4) is 0 Å². The summed E-state index contributed by atoms with van der Waals surface area (Å²) in [4.78, 5) is 2.10. The Balaban J connectivity index is 1.94. The molecule has 4 heteroatoms. The van der Waals surface area contributed by atoms with Crippen LogP contribution in [0.2, 0.25) is 0 Å². The fourth-order valence-corrected chi connectivity index (χ4v) is 1.90. The Labute approximate surface area is 102 Å². The van der Waals surface area contributed by atoms with Crippen LogP contribution in [0.25, 0.3) is 0 Å². The van der Waals surface area contributed by atoms with Crippen LogP contribution in [0.15, 0.2) is 18.2 Å². The van der Waals surface area contributed by atoms with Gasteiger partial charge in [0.15, 0.2) is 11.5 Å². The average molecular weight is 237 g/mol. The normalized spacial score (nSPS) is 15.3. The van der Waals surface area contributed by atoms with Gasteiger partial charge in [-0.15, -0.1) is 0 Å². The molecule has 1 heterocycles. The minimum Gasteiger partial charge on any atom is -0.454 e. The molecular weight excluding hydrogens is 218 g/mol. The first kappa shape index (κ1) is 12.2. The second-order valence-corrected chi connectivity index (χ2v) is 4.45. The molecule has 0 saturated heterocycles. The third-order valence-electron chi connectivity index (χ3n) is 2.88. The van der Waals surface area contributed by atoms with Crippen LogP contribution < -0.4 is 9.47 Å². The van der Waals surface area contributed by atoms with Crippen molar-refractivity contribution in [3.8, 4) is 11.5 Å². The highest BCUT2D eigenvalue weighted by molar-refractivity contribution is 5.44. The maximum atomic E-state index is 9.57. The summed E-state index contributed by atoms with van der Waals surface area (Å²) >= 11 is 0. The van der Waals surface area contributed by atoms with Crippen LogP contribution in [-0.4, -0.2) is 36.5 Å². The minimum atomic E-state index is -0.256. The second-order valence-electron chi connectivity index (χ2n) is 4.45. The average Bonchev–Trinajstić information content (AvgIpc) is 2.75. The fraction of sp³-hybridized carbons (Fsp3) is 0.538. The molecule has 0 amide bonds. The van der Waals surface area contributed by atoms with Crippen molar-refractivity contribution in [2.45, 2.75) is 26.0 Å². The van der Waals surface area contributed by atoms with E-state index in [1.165, 1.54) is 5.56 Å². The summed E-state index contributed by atoms with van der Waals surface area (Å²) in [5.74, 6) is 1.62. The highest BCUT2D eigenvalue weighted by Gasteiger charge is 2.14. The van der Waals surface area contributed by atoms with Crippen molar-refractivity contribution in [3.63, 3.8) is 0 Å². The Kier molecular flexibility index (Phi) is 3.86. The summed E-state index contributed by atoms with van der Waals surface area (Å²) < 4.78 is 10.6. The predicted molar refractivity (Wildman–Crippen MR) is 65.2 cm³/mol. The van der Waals surface area contributed by atoms with Crippen molar-refractivity contribution in [2.75, 3.05) is 20.4 Å². The monoisotopic (exact) mass is 237 g/mol. The van der Waals surface area contributed by atoms with Crippen molar-refractivity contribution in [1.29, 1.82) is 0 Å². The van der Waals surface area contributed by atoms with Crippen molar-refractivity contribution < 1.29 is 14.6 Å². The Bertz CT molecular complexity index is 381. The van der Waals surface area contributed by atoms with E-state index >= 15 is 0 Å². The molecule has 0 saturated carbocycles. The van der Waals surface area contributed by atoms with Crippen molar-refractivity contribution in [2.24, 2.45) is 0 Å². The molecule has 0 radical (unpaired) electrons. The SMILES string of the molecule is CCC(O)CN(C)Cc1ccc2c(c1)OCO2. The van der Waals surface area contributed by atoms with Gasteiger partial charge in [-0.3, -0.25) is 4.90 Å². The Morgan fingerprint density at radius 3 is 2.88 bits per heavy atom. The van der Waals surface area contributed by atoms with E-state index in [1.54, 1.807) is 0 Å². The standard InChI is InChI=1S/C13H19NO3/c1-3-11(15)8-14(2)7-10-4-5-12-13(6-10)17-9-16-12/h4-6,11,15H,3,7-9H2,1-2H3. The van der Waals surface area contributed by atoms with Crippen molar-refractivity contribution in [1.82, 2.24) is 4.90 Å². The molecule has 0 aromatic heterocycles. The van der Waals surface area contributed by atoms with Gasteiger partial charge in [-0.25, -0.2) is 0 Å². The Hall–Kier alpha value is -1.26. The van der Waals surface area contributed by atoms with Gasteiger partial charge in [-0.05, 0) is 31.2 Å². The molecule has 2 rings (SSSR count). The quantitative estimate of drug-likeness (QED) is 0.845. The lowest BCUT2D eigenvalue weighted by atomic mass is 10.2. The molecule has 1 aromatic carbocycles. The van der Waals surface area contributed by atoms with Gasteiger partial charge in [0, 0.05) is 13.1 Å². The van der Waals surface area contributed by atoms with E-state index in [0.29, 0.717) is 13.3 Å². The maximum Gasteiger partial charge on any atom is 0.231 e. The van der Waals surface area contributed by atoms with E-state index in [2.05, 4.69) is 4.90 Å². The van der Waals surface area contributed by atoms with Gasteiger partial charge in [-0.1, -0.05) is 13.0 Å². The molecule has 1 aromatic rings. The number of benzene rings is 1. The molecule has 1 N–H and O–H groups in total. The van der Waals surface area contributed by atoms with Gasteiger partial charge in [0.2, 0.25) is 6.79 Å². The molecule has 1 aliphatic heterocycles. The van der Waals surface area contributed by atoms with E-state index in [1.807, 2.05) is 32.2 Å². The summed E-state index contributed by atoms with van der Waals surface area (Å²) in [6.45, 7) is 3.78. The van der Waals surface area contributed by atoms with Gasteiger partial charge in [0.25, 0.3) is 0 Å². The first-order chi connectivity index (χ1) is 8.19. The van der Waals surface area contributed by atoms with Crippen LogP contribution in [0, 0.1) is 0 Å². The van der Waals surface area contributed by atoms with Gasteiger partial charge >= 0.3 is 0 Å². The summed E-state index contributed by atoms with van der Waals surface area (Å²) in [6, 6.07) is 5.96. The number of nitrogens with zero attached hydrogens (tertiary/aromatic N) is 1. The van der Waals surface area contributed by atoms with E-state index in [9.17, 15) is 5.11 Å². The highest BCUT2D eigenvalue weighted by atomic mass is 16.7. The molecule has 0 spiro atoms. The van der Waals surface area contributed by atoms with E-state index in [-0.39, 0.29) is 6.10 Å². The topological polar surface area (TPSA) is 41.9 Å². The summed E-state index contributed by atoms with van der Waals surface area (Å²) in [5, 5.41) is 9.57. The molecule has 0 aliphatic carbocycles. The molecule has 94 valence electrons. The zero-order chi connectivity index (χ0) is 12.3. The van der Waals surface area contributed by atoms with E-state index < -0.39 is 0 Å². The maximum absolute atomic E-state index is 9.57. The molecule has 0 fully saturated rings. The lowest BCUT2D eigenvalue weighted by Gasteiger charge is -2.19. The lowest BCUT2D eigenvalue weighted by Crippen LogP contribution is -2.28. The highest BCUT2D eigenvalue weighted by Crippen LogP contribution is 2.32. The summed E-state index contributed by atoms with van der Waals surface area (Å²) in [7, 11) is 2.00. The third-order valence-corrected chi connectivity index (χ3v) is 2.88. The first-order valence-corrected chi connectivity index (χ1v) is 5.94. The predicted octanol–water partition coefficient (Wildman–Crippen LogP) is 1.62. The Morgan fingerprint density at radius 2 is 2.12 bits per heavy atom. The molecule has 4 nitrogen and oxygen atoms in total. The van der Waals surface area contributed by atoms with Crippen LogP contribution in [0.5, 0.6) is 11.5 Å². The number of aliphatic hydroxyl groups excluding tert-OH is 1. The molecular formula is C13H19NO3. The first-order valence-electron chi connectivity index (χ1n) is 5.94. The van der Waals surface area contributed by atoms with E-state index in [4.69, 9.17) is 9.47 Å². The Morgan fingerprint density at radius 1 is 1.35 bits per heavy atom.